The standard InChI is InChI=1S/C6H14.C5H11N/c1-4-6(3)5-2;6-5-3-1-2-4-5/h6H,4-5H2,1-3H3;5H,1-4,6H2. The minimum absolute atomic E-state index is 0.546. The van der Waals surface area contributed by atoms with Crippen molar-refractivity contribution < 1.29 is 0 Å². The lowest BCUT2D eigenvalue weighted by Gasteiger charge is -1.98. The van der Waals surface area contributed by atoms with Gasteiger partial charge in [-0.3, -0.25) is 0 Å². The third kappa shape index (κ3) is 6.66. The molecule has 0 heterocycles. The van der Waals surface area contributed by atoms with E-state index < -0.39 is 0 Å². The van der Waals surface area contributed by atoms with Gasteiger partial charge >= 0.3 is 0 Å². The maximum absolute atomic E-state index is 5.53. The Bertz CT molecular complexity index is 81.0. The van der Waals surface area contributed by atoms with Gasteiger partial charge in [-0.25, -0.2) is 0 Å². The van der Waals surface area contributed by atoms with E-state index in [0.717, 1.165) is 5.92 Å². The molecule has 1 saturated carbocycles. The van der Waals surface area contributed by atoms with Crippen LogP contribution in [0.5, 0.6) is 0 Å². The minimum Gasteiger partial charge on any atom is -0.328 e. The molecule has 1 rings (SSSR count). The van der Waals surface area contributed by atoms with Gasteiger partial charge in [-0.2, -0.15) is 0 Å². The lowest BCUT2D eigenvalue weighted by atomic mass is 10.1. The van der Waals surface area contributed by atoms with Crippen LogP contribution in [0.3, 0.4) is 0 Å². The van der Waals surface area contributed by atoms with E-state index in [-0.39, 0.29) is 0 Å². The van der Waals surface area contributed by atoms with Crippen LogP contribution in [-0.2, 0) is 0 Å². The molecule has 1 aliphatic carbocycles. The molecular formula is C11H25N. The Labute approximate surface area is 77.7 Å². The van der Waals surface area contributed by atoms with E-state index in [0.29, 0.717) is 6.04 Å². The summed E-state index contributed by atoms with van der Waals surface area (Å²) < 4.78 is 0. The van der Waals surface area contributed by atoms with Gasteiger partial charge in [0.2, 0.25) is 0 Å². The molecule has 0 aromatic carbocycles. The molecule has 2 N–H and O–H groups in total. The molecule has 0 atom stereocenters. The highest BCUT2D eigenvalue weighted by Gasteiger charge is 2.07. The topological polar surface area (TPSA) is 26.0 Å². The first-order valence-corrected chi connectivity index (χ1v) is 5.46. The third-order valence-electron chi connectivity index (χ3n) is 2.79. The van der Waals surface area contributed by atoms with Crippen molar-refractivity contribution in [3.8, 4) is 0 Å². The van der Waals surface area contributed by atoms with Gasteiger partial charge in [-0.1, -0.05) is 46.5 Å². The molecule has 0 aliphatic heterocycles. The SMILES string of the molecule is CCC(C)CC.NC1CCCC1. The van der Waals surface area contributed by atoms with Crippen LogP contribution < -0.4 is 5.73 Å². The Kier molecular flexibility index (Phi) is 7.58. The van der Waals surface area contributed by atoms with E-state index in [1.165, 1.54) is 38.5 Å². The van der Waals surface area contributed by atoms with Crippen LogP contribution in [-0.4, -0.2) is 6.04 Å². The summed E-state index contributed by atoms with van der Waals surface area (Å²) >= 11 is 0. The zero-order chi connectivity index (χ0) is 9.40. The Hall–Kier alpha value is -0.0400. The van der Waals surface area contributed by atoms with Gasteiger partial charge in [0, 0.05) is 6.04 Å². The molecule has 1 fully saturated rings. The van der Waals surface area contributed by atoms with Gasteiger partial charge in [-0.15, -0.1) is 0 Å². The second kappa shape index (κ2) is 7.60. The second-order valence-electron chi connectivity index (χ2n) is 3.97. The number of hydrogen-bond donors (Lipinski definition) is 1. The Morgan fingerprint density at radius 2 is 1.58 bits per heavy atom. The summed E-state index contributed by atoms with van der Waals surface area (Å²) in [6.07, 6.45) is 7.91. The molecule has 1 aliphatic rings. The van der Waals surface area contributed by atoms with Crippen molar-refractivity contribution >= 4 is 0 Å². The van der Waals surface area contributed by atoms with Crippen molar-refractivity contribution in [3.63, 3.8) is 0 Å². The van der Waals surface area contributed by atoms with Crippen molar-refractivity contribution in [2.24, 2.45) is 11.7 Å². The summed E-state index contributed by atoms with van der Waals surface area (Å²) in [5, 5.41) is 0. The summed E-state index contributed by atoms with van der Waals surface area (Å²) in [5.41, 5.74) is 5.53. The van der Waals surface area contributed by atoms with E-state index in [9.17, 15) is 0 Å². The second-order valence-corrected chi connectivity index (χ2v) is 3.97. The van der Waals surface area contributed by atoms with E-state index in [2.05, 4.69) is 20.8 Å². The van der Waals surface area contributed by atoms with Crippen LogP contribution in [0, 0.1) is 5.92 Å². The number of nitrogens with two attached hydrogens (primary N) is 1. The lowest BCUT2D eigenvalue weighted by molar-refractivity contribution is 0.544. The zero-order valence-electron chi connectivity index (χ0n) is 8.97. The quantitative estimate of drug-likeness (QED) is 0.677. The van der Waals surface area contributed by atoms with Crippen molar-refractivity contribution in [2.45, 2.75) is 65.3 Å². The Balaban J connectivity index is 0.000000202. The molecule has 1 nitrogen and oxygen atoms in total. The average Bonchev–Trinajstić information content (AvgIpc) is 2.55. The fourth-order valence-corrected chi connectivity index (χ4v) is 1.25. The fourth-order valence-electron chi connectivity index (χ4n) is 1.25. The Morgan fingerprint density at radius 3 is 1.67 bits per heavy atom. The molecule has 0 radical (unpaired) electrons. The first-order valence-electron chi connectivity index (χ1n) is 5.46. The molecule has 1 heteroatoms. The van der Waals surface area contributed by atoms with Crippen LogP contribution in [0.2, 0.25) is 0 Å². The van der Waals surface area contributed by atoms with Gasteiger partial charge < -0.3 is 5.73 Å². The monoisotopic (exact) mass is 171 g/mol. The summed E-state index contributed by atoms with van der Waals surface area (Å²) in [6.45, 7) is 6.74. The maximum Gasteiger partial charge on any atom is 0.00388 e. The zero-order valence-corrected chi connectivity index (χ0v) is 8.97. The summed E-state index contributed by atoms with van der Waals surface area (Å²) in [5.74, 6) is 0.935. The average molecular weight is 171 g/mol. The van der Waals surface area contributed by atoms with Gasteiger partial charge in [0.05, 0.1) is 0 Å². The summed E-state index contributed by atoms with van der Waals surface area (Å²) in [6, 6.07) is 0.546. The van der Waals surface area contributed by atoms with E-state index >= 15 is 0 Å². The third-order valence-corrected chi connectivity index (χ3v) is 2.79. The molecule has 0 aromatic rings. The smallest absolute Gasteiger partial charge is 0.00388 e. The number of rotatable bonds is 2. The lowest BCUT2D eigenvalue weighted by Crippen LogP contribution is -2.13. The summed E-state index contributed by atoms with van der Waals surface area (Å²) in [4.78, 5) is 0. The van der Waals surface area contributed by atoms with Crippen molar-refractivity contribution in [1.82, 2.24) is 0 Å². The molecule has 0 aromatic heterocycles. The minimum atomic E-state index is 0.546. The first-order chi connectivity index (χ1) is 5.70. The molecule has 0 saturated heterocycles. The van der Waals surface area contributed by atoms with Gasteiger partial charge in [0.15, 0.2) is 0 Å². The number of hydrogen-bond acceptors (Lipinski definition) is 1. The molecule has 0 unspecified atom stereocenters. The summed E-state index contributed by atoms with van der Waals surface area (Å²) in [7, 11) is 0. The van der Waals surface area contributed by atoms with Crippen molar-refractivity contribution in [2.75, 3.05) is 0 Å². The van der Waals surface area contributed by atoms with Crippen LogP contribution >= 0.6 is 0 Å². The molecule has 0 spiro atoms. The molecule has 74 valence electrons. The maximum atomic E-state index is 5.53. The predicted octanol–water partition coefficient (Wildman–Crippen LogP) is 3.33. The van der Waals surface area contributed by atoms with E-state index in [1.807, 2.05) is 0 Å². The molecule has 12 heavy (non-hydrogen) atoms. The van der Waals surface area contributed by atoms with Gasteiger partial charge in [0.25, 0.3) is 0 Å². The van der Waals surface area contributed by atoms with Crippen molar-refractivity contribution in [3.05, 3.63) is 0 Å². The fraction of sp³-hybridized carbons (Fsp3) is 1.00. The molecule has 0 amide bonds. The Morgan fingerprint density at radius 1 is 1.17 bits per heavy atom. The predicted molar refractivity (Wildman–Crippen MR) is 56.2 cm³/mol. The van der Waals surface area contributed by atoms with Gasteiger partial charge in [0.1, 0.15) is 0 Å². The van der Waals surface area contributed by atoms with E-state index in [4.69, 9.17) is 5.73 Å². The van der Waals surface area contributed by atoms with Crippen LogP contribution in [0.25, 0.3) is 0 Å². The normalized spacial score (nSPS) is 17.8. The van der Waals surface area contributed by atoms with E-state index in [1.54, 1.807) is 0 Å². The first kappa shape index (κ1) is 12.0. The largest absolute Gasteiger partial charge is 0.328 e. The van der Waals surface area contributed by atoms with Gasteiger partial charge in [-0.05, 0) is 18.8 Å². The van der Waals surface area contributed by atoms with Crippen LogP contribution in [0.1, 0.15) is 59.3 Å². The highest BCUT2D eigenvalue weighted by Crippen LogP contribution is 2.14. The molecule has 0 bridgehead atoms. The highest BCUT2D eigenvalue weighted by molar-refractivity contribution is 4.67. The highest BCUT2D eigenvalue weighted by atomic mass is 14.6. The molecular weight excluding hydrogens is 146 g/mol. The van der Waals surface area contributed by atoms with Crippen molar-refractivity contribution in [1.29, 1.82) is 0 Å². The van der Waals surface area contributed by atoms with Crippen LogP contribution in [0.4, 0.5) is 0 Å². The van der Waals surface area contributed by atoms with Crippen LogP contribution in [0.15, 0.2) is 0 Å².